The van der Waals surface area contributed by atoms with Gasteiger partial charge in [0.2, 0.25) is 0 Å². The third-order valence-corrected chi connectivity index (χ3v) is 16.4. The molecule has 49 heavy (non-hydrogen) atoms. The van der Waals surface area contributed by atoms with Gasteiger partial charge in [-0.2, -0.15) is 0 Å². The van der Waals surface area contributed by atoms with Crippen molar-refractivity contribution in [1.82, 2.24) is 0 Å². The van der Waals surface area contributed by atoms with E-state index in [0.29, 0.717) is 18.3 Å². The van der Waals surface area contributed by atoms with E-state index in [-0.39, 0.29) is 0 Å². The molecule has 0 aromatic carbocycles. The van der Waals surface area contributed by atoms with E-state index >= 15 is 0 Å². The van der Waals surface area contributed by atoms with Crippen molar-refractivity contribution in [3.63, 3.8) is 0 Å². The summed E-state index contributed by atoms with van der Waals surface area (Å²) in [5.41, 5.74) is 0. The molecule has 0 amide bonds. The van der Waals surface area contributed by atoms with E-state index in [1.165, 1.54) is 154 Å². The van der Waals surface area contributed by atoms with Crippen LogP contribution in [0.15, 0.2) is 0 Å². The lowest BCUT2D eigenvalue weighted by Crippen LogP contribution is -2.43. The van der Waals surface area contributed by atoms with Gasteiger partial charge in [0.25, 0.3) is 0 Å². The fraction of sp³-hybridized carbons (Fsp3) is 1.00. The van der Waals surface area contributed by atoms with Crippen LogP contribution >= 0.6 is 0 Å². The average molecular weight is 697 g/mol. The van der Waals surface area contributed by atoms with Crippen LogP contribution in [0.1, 0.15) is 196 Å². The van der Waals surface area contributed by atoms with Gasteiger partial charge >= 0.3 is 15.1 Å². The fourth-order valence-electron chi connectivity index (χ4n) is 11.3. The van der Waals surface area contributed by atoms with Crippen molar-refractivity contribution in [2.45, 2.75) is 214 Å². The maximum atomic E-state index is 7.65. The van der Waals surface area contributed by atoms with Crippen molar-refractivity contribution in [1.29, 1.82) is 0 Å². The Hall–Kier alpha value is 0.412. The van der Waals surface area contributed by atoms with E-state index in [2.05, 4.69) is 41.5 Å². The van der Waals surface area contributed by atoms with E-state index in [1.807, 2.05) is 0 Å². The summed E-state index contributed by atoms with van der Waals surface area (Å²) in [5, 5.41) is 0. The molecule has 0 aliphatic heterocycles. The largest absolute Gasteiger partial charge is 0.906 e. The summed E-state index contributed by atoms with van der Waals surface area (Å²) in [7, 11) is 0. The molecule has 0 N–H and O–H groups in total. The summed E-state index contributed by atoms with van der Waals surface area (Å²) in [6, 6.07) is 0. The zero-order valence-corrected chi connectivity index (χ0v) is 34.6. The van der Waals surface area contributed by atoms with Crippen LogP contribution in [0, 0.1) is 71.0 Å². The molecule has 6 rings (SSSR count). The van der Waals surface area contributed by atoms with Crippen LogP contribution in [0.25, 0.3) is 0 Å². The molecule has 6 fully saturated rings. The van der Waals surface area contributed by atoms with Crippen LogP contribution in [0.3, 0.4) is 0 Å². The van der Waals surface area contributed by atoms with Crippen LogP contribution in [-0.2, 0) is 11.4 Å². The summed E-state index contributed by atoms with van der Waals surface area (Å²) in [6.45, 7) is 14.3. The van der Waals surface area contributed by atoms with E-state index in [4.69, 9.17) is 11.4 Å². The molecule has 0 saturated heterocycles. The minimum Gasteiger partial charge on any atom is -0.451 e. The maximum absolute atomic E-state index is 7.65. The minimum atomic E-state index is -2.33. The predicted molar refractivity (Wildman–Crippen MR) is 207 cm³/mol. The first-order valence-electron chi connectivity index (χ1n) is 23.1. The molecule has 0 radical (unpaired) electrons. The Morgan fingerprint density at radius 2 is 0.571 bits per heavy atom. The number of hydrogen-bond donors (Lipinski definition) is 0. The molecule has 282 valence electrons. The van der Waals surface area contributed by atoms with Gasteiger partial charge in [-0.25, -0.2) is 0 Å². The fourth-order valence-corrected chi connectivity index (χ4v) is 13.4. The van der Waals surface area contributed by atoms with Crippen molar-refractivity contribution >= 4 is 15.1 Å². The second kappa shape index (κ2) is 19.1. The van der Waals surface area contributed by atoms with Crippen molar-refractivity contribution < 1.29 is 11.4 Å². The van der Waals surface area contributed by atoms with Gasteiger partial charge in [-0.05, 0) is 148 Å². The van der Waals surface area contributed by atoms with Crippen LogP contribution in [-0.4, -0.2) is 33.5 Å². The zero-order valence-electron chi connectivity index (χ0n) is 33.4. The zero-order chi connectivity index (χ0) is 34.3. The standard InChI is InChI=1S/3C15H27O.Al/c3*1-3-5-7-12-13(8-6-4-2)14(12)15(16)11-9-10-11;/h3*11-15H,3-10H2,1-2H3;/q3*-1;+3. The highest BCUT2D eigenvalue weighted by Gasteiger charge is 2.63. The molecule has 3 nitrogen and oxygen atoms in total. The Kier molecular flexibility index (Phi) is 15.3. The summed E-state index contributed by atoms with van der Waals surface area (Å²) < 4.78 is 23.0. The Morgan fingerprint density at radius 1 is 0.367 bits per heavy atom. The Balaban J connectivity index is 1.23. The lowest BCUT2D eigenvalue weighted by Gasteiger charge is -2.30. The van der Waals surface area contributed by atoms with Gasteiger partial charge in [0.15, 0.2) is 0 Å². The lowest BCUT2D eigenvalue weighted by molar-refractivity contribution is -0.0289. The molecule has 6 saturated carbocycles. The summed E-state index contributed by atoms with van der Waals surface area (Å²) >= 11 is -2.33. The highest BCUT2D eigenvalue weighted by atomic mass is 27.3. The molecule has 6 aliphatic carbocycles. The molecular formula is C45H81AlO3. The van der Waals surface area contributed by atoms with E-state index in [0.717, 1.165) is 71.0 Å². The highest BCUT2D eigenvalue weighted by Crippen LogP contribution is 2.62. The first-order valence-corrected chi connectivity index (χ1v) is 24.5. The smallest absolute Gasteiger partial charge is 0.451 e. The van der Waals surface area contributed by atoms with E-state index in [1.54, 1.807) is 0 Å². The lowest BCUT2D eigenvalue weighted by atomic mass is 10.1. The van der Waals surface area contributed by atoms with Gasteiger partial charge in [-0.15, -0.1) is 0 Å². The van der Waals surface area contributed by atoms with Crippen LogP contribution < -0.4 is 0 Å². The van der Waals surface area contributed by atoms with Gasteiger partial charge in [0, 0.05) is 18.3 Å². The third-order valence-electron chi connectivity index (χ3n) is 14.7. The second-order valence-electron chi connectivity index (χ2n) is 18.7. The van der Waals surface area contributed by atoms with Crippen molar-refractivity contribution in [2.75, 3.05) is 0 Å². The molecule has 9 atom stereocenters. The van der Waals surface area contributed by atoms with Crippen LogP contribution in [0.2, 0.25) is 0 Å². The number of rotatable bonds is 30. The Morgan fingerprint density at radius 3 is 0.735 bits per heavy atom. The van der Waals surface area contributed by atoms with Crippen molar-refractivity contribution in [3.05, 3.63) is 0 Å². The number of unbranched alkanes of at least 4 members (excludes halogenated alkanes) is 6. The molecule has 4 heteroatoms. The molecular weight excluding hydrogens is 615 g/mol. The third kappa shape index (κ3) is 10.6. The van der Waals surface area contributed by atoms with Gasteiger partial charge in [-0.1, -0.05) is 119 Å². The van der Waals surface area contributed by atoms with Gasteiger partial charge < -0.3 is 11.4 Å². The molecule has 0 bridgehead atoms. The first-order chi connectivity index (χ1) is 24.1. The van der Waals surface area contributed by atoms with E-state index in [9.17, 15) is 0 Å². The Labute approximate surface area is 310 Å². The van der Waals surface area contributed by atoms with Crippen LogP contribution in [0.5, 0.6) is 0 Å². The first kappa shape index (κ1) is 39.1. The summed E-state index contributed by atoms with van der Waals surface area (Å²) in [5.74, 6) is 10.0. The molecule has 0 heterocycles. The monoisotopic (exact) mass is 697 g/mol. The minimum absolute atomic E-state index is 0.414. The SMILES string of the molecule is CCCCC1C(CCCC)C1C([O][Al]([O]C(C1CC1)C1C(CCCC)C1CCCC)[O]C(C1CC1)C1C(CCCC)C1CCCC)C1CC1. The van der Waals surface area contributed by atoms with Crippen LogP contribution in [0.4, 0.5) is 0 Å². The summed E-state index contributed by atoms with van der Waals surface area (Å²) in [6.07, 6.45) is 34.4. The topological polar surface area (TPSA) is 27.7 Å². The molecule has 0 aromatic rings. The van der Waals surface area contributed by atoms with Crippen molar-refractivity contribution in [2.24, 2.45) is 71.0 Å². The maximum Gasteiger partial charge on any atom is 0.906 e. The van der Waals surface area contributed by atoms with E-state index < -0.39 is 15.1 Å². The van der Waals surface area contributed by atoms with Gasteiger partial charge in [0.05, 0.1) is 0 Å². The van der Waals surface area contributed by atoms with Gasteiger partial charge in [-0.3, -0.25) is 0 Å². The second-order valence-corrected chi connectivity index (χ2v) is 20.1. The predicted octanol–water partition coefficient (Wildman–Crippen LogP) is 13.1. The summed E-state index contributed by atoms with van der Waals surface area (Å²) in [4.78, 5) is 0. The number of hydrogen-bond acceptors (Lipinski definition) is 3. The molecule has 9 unspecified atom stereocenters. The quantitative estimate of drug-likeness (QED) is 0.0700. The Bertz CT molecular complexity index is 785. The van der Waals surface area contributed by atoms with Gasteiger partial charge in [0.1, 0.15) is 0 Å². The van der Waals surface area contributed by atoms with Crippen molar-refractivity contribution in [3.8, 4) is 0 Å². The molecule has 0 spiro atoms. The highest BCUT2D eigenvalue weighted by molar-refractivity contribution is 6.36. The average Bonchev–Trinajstić information content (AvgIpc) is 3.91. The molecule has 0 aromatic heterocycles. The molecule has 6 aliphatic rings. The normalized spacial score (nSPS) is 35.3.